The molecule has 0 radical (unpaired) electrons. The molecule has 0 aliphatic heterocycles. The second kappa shape index (κ2) is 4.36. The smallest absolute Gasteiger partial charge is 0.156 e. The predicted octanol–water partition coefficient (Wildman–Crippen LogP) is 4.81. The van der Waals surface area contributed by atoms with Gasteiger partial charge >= 0.3 is 0 Å². The average molecular weight is 279 g/mol. The lowest BCUT2D eigenvalue weighted by atomic mass is 10.1. The normalized spacial score (nSPS) is 11.2. The zero-order chi connectivity index (χ0) is 13.5. The average Bonchev–Trinajstić information content (AvgIpc) is 2.92. The summed E-state index contributed by atoms with van der Waals surface area (Å²) in [5.74, 6) is 0. The van der Waals surface area contributed by atoms with E-state index in [1.807, 2.05) is 41.1 Å². The van der Waals surface area contributed by atoms with Gasteiger partial charge in [0, 0.05) is 18.0 Å². The van der Waals surface area contributed by atoms with Crippen molar-refractivity contribution in [2.45, 2.75) is 0 Å². The van der Waals surface area contributed by atoms with Crippen LogP contribution in [0, 0.1) is 0 Å². The van der Waals surface area contributed by atoms with Gasteiger partial charge < -0.3 is 4.40 Å². The van der Waals surface area contributed by atoms with Crippen LogP contribution in [0.4, 0.5) is 0 Å². The van der Waals surface area contributed by atoms with Crippen LogP contribution in [0.3, 0.4) is 0 Å². The molecule has 0 N–H and O–H groups in total. The maximum absolute atomic E-state index is 6.17. The summed E-state index contributed by atoms with van der Waals surface area (Å²) >= 11 is 6.17. The van der Waals surface area contributed by atoms with Crippen LogP contribution >= 0.6 is 11.6 Å². The highest BCUT2D eigenvalue weighted by Crippen LogP contribution is 2.26. The molecule has 2 nitrogen and oxygen atoms in total. The first kappa shape index (κ1) is 11.5. The van der Waals surface area contributed by atoms with Crippen molar-refractivity contribution in [3.05, 3.63) is 72.0 Å². The number of aromatic nitrogens is 2. The first-order valence-corrected chi connectivity index (χ1v) is 6.81. The topological polar surface area (TPSA) is 17.3 Å². The van der Waals surface area contributed by atoms with Gasteiger partial charge in [-0.05, 0) is 29.0 Å². The van der Waals surface area contributed by atoms with E-state index in [-0.39, 0.29) is 0 Å². The Morgan fingerprint density at radius 1 is 0.900 bits per heavy atom. The number of benzene rings is 2. The third-order valence-electron chi connectivity index (χ3n) is 3.48. The number of hydrogen-bond donors (Lipinski definition) is 0. The number of halogens is 1. The highest BCUT2D eigenvalue weighted by atomic mass is 35.5. The lowest BCUT2D eigenvalue weighted by Gasteiger charge is -2.00. The van der Waals surface area contributed by atoms with E-state index < -0.39 is 0 Å². The van der Waals surface area contributed by atoms with Gasteiger partial charge in [-0.1, -0.05) is 48.0 Å². The van der Waals surface area contributed by atoms with E-state index in [0.717, 1.165) is 16.9 Å². The van der Waals surface area contributed by atoms with E-state index in [1.165, 1.54) is 10.8 Å². The summed E-state index contributed by atoms with van der Waals surface area (Å²) in [7, 11) is 0. The van der Waals surface area contributed by atoms with Gasteiger partial charge in [0.05, 0.1) is 10.7 Å². The molecule has 2 aromatic heterocycles. The minimum Gasteiger partial charge on any atom is -0.305 e. The molecule has 96 valence electrons. The highest BCUT2D eigenvalue weighted by Gasteiger charge is 2.07. The second-order valence-corrected chi connectivity index (χ2v) is 5.18. The van der Waals surface area contributed by atoms with Gasteiger partial charge in [-0.15, -0.1) is 0 Å². The second-order valence-electron chi connectivity index (χ2n) is 4.78. The summed E-state index contributed by atoms with van der Waals surface area (Å²) in [6, 6.07) is 18.5. The monoisotopic (exact) mass is 278 g/mol. The summed E-state index contributed by atoms with van der Waals surface area (Å²) in [5.41, 5.74) is 2.82. The molecule has 0 aliphatic carbocycles. The zero-order valence-corrected chi connectivity index (χ0v) is 11.4. The van der Waals surface area contributed by atoms with Crippen LogP contribution in [-0.4, -0.2) is 9.38 Å². The fourth-order valence-electron chi connectivity index (χ4n) is 2.47. The Balaban J connectivity index is 1.94. The fraction of sp³-hybridized carbons (Fsp3) is 0. The van der Waals surface area contributed by atoms with Crippen LogP contribution in [0.1, 0.15) is 0 Å². The fourth-order valence-corrected chi connectivity index (χ4v) is 2.68. The molecule has 2 heterocycles. The molecule has 4 aromatic rings. The van der Waals surface area contributed by atoms with Crippen LogP contribution < -0.4 is 0 Å². The van der Waals surface area contributed by atoms with E-state index in [1.54, 1.807) is 0 Å². The Bertz CT molecular complexity index is 924. The predicted molar refractivity (Wildman–Crippen MR) is 83.1 cm³/mol. The molecule has 0 unspecified atom stereocenters. The molecule has 0 fully saturated rings. The Morgan fingerprint density at radius 2 is 1.75 bits per heavy atom. The van der Waals surface area contributed by atoms with Gasteiger partial charge in [-0.3, -0.25) is 0 Å². The van der Waals surface area contributed by atoms with Crippen molar-refractivity contribution in [1.29, 1.82) is 0 Å². The van der Waals surface area contributed by atoms with E-state index in [4.69, 9.17) is 11.6 Å². The van der Waals surface area contributed by atoms with Crippen LogP contribution in [0.15, 0.2) is 67.0 Å². The van der Waals surface area contributed by atoms with Gasteiger partial charge in [0.1, 0.15) is 0 Å². The van der Waals surface area contributed by atoms with E-state index >= 15 is 0 Å². The lowest BCUT2D eigenvalue weighted by molar-refractivity contribution is 1.19. The summed E-state index contributed by atoms with van der Waals surface area (Å²) in [6.45, 7) is 0. The van der Waals surface area contributed by atoms with Crippen molar-refractivity contribution in [1.82, 2.24) is 9.38 Å². The molecular formula is C17H11ClN2. The number of pyridine rings is 1. The maximum atomic E-state index is 6.17. The number of imidazole rings is 1. The van der Waals surface area contributed by atoms with E-state index in [0.29, 0.717) is 5.02 Å². The van der Waals surface area contributed by atoms with Crippen molar-refractivity contribution in [2.24, 2.45) is 0 Å². The Kier molecular flexibility index (Phi) is 2.51. The summed E-state index contributed by atoms with van der Waals surface area (Å²) in [6.07, 6.45) is 3.96. The standard InChI is InChI=1S/C17H11ClN2/c18-15-6-3-9-20-11-16(19-17(15)20)14-8-7-12-4-1-2-5-13(12)10-14/h1-11H. The Morgan fingerprint density at radius 3 is 2.60 bits per heavy atom. The SMILES string of the molecule is Clc1cccn2cc(-c3ccc4ccccc4c3)nc12. The lowest BCUT2D eigenvalue weighted by Crippen LogP contribution is -1.80. The Hall–Kier alpha value is -2.32. The minimum absolute atomic E-state index is 0.666. The molecule has 0 atom stereocenters. The van der Waals surface area contributed by atoms with Crippen molar-refractivity contribution in [3.8, 4) is 11.3 Å². The van der Waals surface area contributed by atoms with Crippen molar-refractivity contribution in [2.75, 3.05) is 0 Å². The highest BCUT2D eigenvalue weighted by molar-refractivity contribution is 6.33. The summed E-state index contributed by atoms with van der Waals surface area (Å²) in [5, 5.41) is 3.12. The molecule has 0 aliphatic rings. The van der Waals surface area contributed by atoms with Gasteiger partial charge in [0.25, 0.3) is 0 Å². The molecule has 0 saturated carbocycles. The summed E-state index contributed by atoms with van der Waals surface area (Å²) in [4.78, 5) is 4.62. The van der Waals surface area contributed by atoms with E-state index in [2.05, 4.69) is 35.3 Å². The number of rotatable bonds is 1. The van der Waals surface area contributed by atoms with Gasteiger partial charge in [0.2, 0.25) is 0 Å². The maximum Gasteiger partial charge on any atom is 0.156 e. The van der Waals surface area contributed by atoms with Crippen LogP contribution in [0.2, 0.25) is 5.02 Å². The number of hydrogen-bond acceptors (Lipinski definition) is 1. The van der Waals surface area contributed by atoms with Crippen molar-refractivity contribution >= 4 is 28.0 Å². The summed E-state index contributed by atoms with van der Waals surface area (Å²) < 4.78 is 1.95. The first-order valence-electron chi connectivity index (χ1n) is 6.44. The number of nitrogens with zero attached hydrogens (tertiary/aromatic N) is 2. The molecule has 0 spiro atoms. The Labute approximate surface area is 121 Å². The molecule has 4 rings (SSSR count). The first-order chi connectivity index (χ1) is 9.81. The molecule has 3 heteroatoms. The van der Waals surface area contributed by atoms with Crippen molar-refractivity contribution in [3.63, 3.8) is 0 Å². The molecular weight excluding hydrogens is 268 g/mol. The van der Waals surface area contributed by atoms with Crippen LogP contribution in [0.25, 0.3) is 27.7 Å². The molecule has 0 bridgehead atoms. The van der Waals surface area contributed by atoms with Crippen LogP contribution in [0.5, 0.6) is 0 Å². The third kappa shape index (κ3) is 1.77. The van der Waals surface area contributed by atoms with Gasteiger partial charge in [0.15, 0.2) is 5.65 Å². The molecule has 0 saturated heterocycles. The minimum atomic E-state index is 0.666. The quantitative estimate of drug-likeness (QED) is 0.488. The van der Waals surface area contributed by atoms with Crippen LogP contribution in [-0.2, 0) is 0 Å². The van der Waals surface area contributed by atoms with Gasteiger partial charge in [-0.2, -0.15) is 0 Å². The van der Waals surface area contributed by atoms with Gasteiger partial charge in [-0.25, -0.2) is 4.98 Å². The van der Waals surface area contributed by atoms with E-state index in [9.17, 15) is 0 Å². The number of fused-ring (bicyclic) bond motifs is 2. The van der Waals surface area contributed by atoms with Crippen molar-refractivity contribution < 1.29 is 0 Å². The zero-order valence-electron chi connectivity index (χ0n) is 10.6. The molecule has 0 amide bonds. The molecule has 2 aromatic carbocycles. The third-order valence-corrected chi connectivity index (χ3v) is 3.78. The largest absolute Gasteiger partial charge is 0.305 e. The molecule has 20 heavy (non-hydrogen) atoms.